The van der Waals surface area contributed by atoms with Crippen LogP contribution < -0.4 is 10.0 Å². The minimum Gasteiger partial charge on any atom is -0.489 e. The molecule has 0 saturated heterocycles. The Kier molecular flexibility index (Phi) is 7.31. The minimum atomic E-state index is -0.511. The minimum absolute atomic E-state index is 0.115. The highest BCUT2D eigenvalue weighted by molar-refractivity contribution is 8.16. The summed E-state index contributed by atoms with van der Waals surface area (Å²) in [5.74, 6) is 1.22. The third kappa shape index (κ3) is 5.47. The van der Waals surface area contributed by atoms with E-state index in [1.807, 2.05) is 30.5 Å². The number of ether oxygens (including phenoxy) is 1. The lowest BCUT2D eigenvalue weighted by molar-refractivity contribution is 0.0688. The topological polar surface area (TPSA) is 58.7 Å². The molecule has 3 unspecified atom stereocenters. The van der Waals surface area contributed by atoms with Gasteiger partial charge in [0.1, 0.15) is 12.4 Å². The van der Waals surface area contributed by atoms with E-state index in [4.69, 9.17) is 10.5 Å². The summed E-state index contributed by atoms with van der Waals surface area (Å²) < 4.78 is 8.17. The van der Waals surface area contributed by atoms with Crippen molar-refractivity contribution in [1.29, 1.82) is 0 Å². The molecule has 1 heterocycles. The van der Waals surface area contributed by atoms with Gasteiger partial charge in [0, 0.05) is 16.3 Å². The van der Waals surface area contributed by atoms with Gasteiger partial charge in [-0.25, -0.2) is 0 Å². The van der Waals surface area contributed by atoms with Gasteiger partial charge in [-0.2, -0.15) is 0 Å². The number of nitrogens with two attached hydrogens (primary N) is 1. The average Bonchev–Trinajstić information content (AvgIpc) is 3.16. The van der Waals surface area contributed by atoms with Gasteiger partial charge in [0.2, 0.25) is 0 Å². The Bertz CT molecular complexity index is 806. The average molecular weight is 399 g/mol. The van der Waals surface area contributed by atoms with Crippen molar-refractivity contribution in [3.8, 4) is 0 Å². The van der Waals surface area contributed by atoms with Crippen LogP contribution in [-0.2, 0) is 4.74 Å². The number of anilines is 1. The molecule has 150 valence electrons. The van der Waals surface area contributed by atoms with Crippen molar-refractivity contribution in [2.24, 2.45) is 11.7 Å². The molecule has 0 fully saturated rings. The van der Waals surface area contributed by atoms with Crippen molar-refractivity contribution in [3.05, 3.63) is 72.6 Å². The summed E-state index contributed by atoms with van der Waals surface area (Å²) in [4.78, 5) is 1.23. The first-order valence-electron chi connectivity index (χ1n) is 9.80. The van der Waals surface area contributed by atoms with Crippen LogP contribution in [0.15, 0.2) is 77.5 Å². The van der Waals surface area contributed by atoms with Gasteiger partial charge >= 0.3 is 0 Å². The largest absolute Gasteiger partial charge is 0.489 e. The summed E-state index contributed by atoms with van der Waals surface area (Å²) in [6.45, 7) is 4.49. The fraction of sp³-hybridized carbons (Fsp3) is 0.348. The zero-order valence-electron chi connectivity index (χ0n) is 16.6. The molecule has 1 aliphatic rings. The molecular weight excluding hydrogens is 368 g/mol. The van der Waals surface area contributed by atoms with Crippen LogP contribution in [0.3, 0.4) is 0 Å². The fourth-order valence-corrected chi connectivity index (χ4v) is 4.77. The van der Waals surface area contributed by atoms with E-state index in [-0.39, 0.29) is 23.3 Å². The molecule has 3 N–H and O–H groups in total. The van der Waals surface area contributed by atoms with Crippen LogP contribution in [0.25, 0.3) is 0 Å². The zero-order valence-corrected chi connectivity index (χ0v) is 17.4. The van der Waals surface area contributed by atoms with Crippen molar-refractivity contribution in [2.75, 3.05) is 10.9 Å². The van der Waals surface area contributed by atoms with Gasteiger partial charge in [0.05, 0.1) is 18.0 Å². The zero-order chi connectivity index (χ0) is 19.9. The number of aliphatic hydroxyl groups is 1. The van der Waals surface area contributed by atoms with Crippen LogP contribution in [0.4, 0.5) is 5.69 Å². The van der Waals surface area contributed by atoms with E-state index in [0.717, 1.165) is 17.9 Å². The molecule has 0 aliphatic carbocycles. The highest BCUT2D eigenvalue weighted by Gasteiger charge is 2.20. The maximum atomic E-state index is 10.3. The van der Waals surface area contributed by atoms with Crippen molar-refractivity contribution in [2.45, 2.75) is 43.7 Å². The van der Waals surface area contributed by atoms with E-state index in [1.165, 1.54) is 4.90 Å². The van der Waals surface area contributed by atoms with Crippen molar-refractivity contribution < 1.29 is 9.84 Å². The monoisotopic (exact) mass is 398 g/mol. The molecule has 0 amide bonds. The number of hydrogen-bond donors (Lipinski definition) is 2. The molecule has 3 atom stereocenters. The van der Waals surface area contributed by atoms with Crippen LogP contribution in [0, 0.1) is 5.92 Å². The first kappa shape index (κ1) is 20.6. The number of benzene rings is 2. The lowest BCUT2D eigenvalue weighted by Crippen LogP contribution is -2.28. The van der Waals surface area contributed by atoms with Crippen LogP contribution in [0.1, 0.15) is 26.7 Å². The van der Waals surface area contributed by atoms with Crippen LogP contribution >= 0.6 is 10.7 Å². The van der Waals surface area contributed by atoms with Gasteiger partial charge in [-0.1, -0.05) is 60.9 Å². The Balaban J connectivity index is 1.68. The van der Waals surface area contributed by atoms with Gasteiger partial charge in [-0.15, -0.1) is 0 Å². The summed E-state index contributed by atoms with van der Waals surface area (Å²) in [7, 11) is -0.252. The summed E-state index contributed by atoms with van der Waals surface area (Å²) in [5.41, 5.74) is 7.19. The number of nitrogens with zero attached hydrogens (tertiary/aromatic N) is 1. The molecule has 28 heavy (non-hydrogen) atoms. The highest BCUT2D eigenvalue weighted by Crippen LogP contribution is 2.39. The van der Waals surface area contributed by atoms with E-state index in [1.54, 1.807) is 0 Å². The third-order valence-corrected chi connectivity index (χ3v) is 6.76. The van der Waals surface area contributed by atoms with Crippen LogP contribution in [0.2, 0.25) is 0 Å². The molecule has 2 aromatic carbocycles. The van der Waals surface area contributed by atoms with E-state index in [9.17, 15) is 5.11 Å². The second-order valence-corrected chi connectivity index (χ2v) is 9.12. The standard InChI is InChI=1S/C23H30N2O2S/c1-18(2)23(24)14-13-20(26)16-27-21-15-25(19-9-5-3-6-10-19)28(17-21)22-11-7-4-8-12-22/h3-12,15,17-18,20,23,26H,13-14,16,24H2,1-2H3. The molecule has 3 rings (SSSR count). The van der Waals surface area contributed by atoms with Crippen molar-refractivity contribution in [1.82, 2.24) is 0 Å². The number of hydrogen-bond acceptors (Lipinski definition) is 4. The molecule has 0 spiro atoms. The first-order valence-corrected chi connectivity index (χ1v) is 11.0. The van der Waals surface area contributed by atoms with Crippen LogP contribution in [-0.4, -0.2) is 29.2 Å². The Morgan fingerprint density at radius 2 is 1.64 bits per heavy atom. The molecule has 5 heteroatoms. The maximum Gasteiger partial charge on any atom is 0.144 e. The Labute approximate surface area is 170 Å². The normalized spacial score (nSPS) is 18.5. The Morgan fingerprint density at radius 3 is 2.29 bits per heavy atom. The van der Waals surface area contributed by atoms with Gasteiger partial charge < -0.3 is 15.6 Å². The van der Waals surface area contributed by atoms with Crippen molar-refractivity contribution >= 4 is 21.7 Å². The van der Waals surface area contributed by atoms with E-state index in [2.05, 4.69) is 59.9 Å². The summed E-state index contributed by atoms with van der Waals surface area (Å²) >= 11 is 0. The van der Waals surface area contributed by atoms with Gasteiger partial charge in [0.15, 0.2) is 0 Å². The predicted molar refractivity (Wildman–Crippen MR) is 119 cm³/mol. The Hall–Kier alpha value is -2.08. The number of allylic oxidation sites excluding steroid dienone is 1. The third-order valence-electron chi connectivity index (χ3n) is 4.81. The number of aliphatic hydroxyl groups excluding tert-OH is 1. The lowest BCUT2D eigenvalue weighted by Gasteiger charge is -2.21. The summed E-state index contributed by atoms with van der Waals surface area (Å²) in [5, 5.41) is 12.4. The Morgan fingerprint density at radius 1 is 1.00 bits per heavy atom. The van der Waals surface area contributed by atoms with Gasteiger partial charge in [0.25, 0.3) is 0 Å². The van der Waals surface area contributed by atoms with Gasteiger partial charge in [-0.05, 0) is 43.0 Å². The number of para-hydroxylation sites is 1. The van der Waals surface area contributed by atoms with Crippen molar-refractivity contribution in [3.63, 3.8) is 0 Å². The molecule has 1 aliphatic heterocycles. The highest BCUT2D eigenvalue weighted by atomic mass is 32.2. The van der Waals surface area contributed by atoms with E-state index in [0.29, 0.717) is 12.3 Å². The van der Waals surface area contributed by atoms with E-state index >= 15 is 0 Å². The second kappa shape index (κ2) is 9.92. The molecule has 4 nitrogen and oxygen atoms in total. The second-order valence-electron chi connectivity index (χ2n) is 7.39. The molecule has 0 saturated carbocycles. The first-order chi connectivity index (χ1) is 13.5. The molecule has 0 bridgehead atoms. The van der Waals surface area contributed by atoms with E-state index < -0.39 is 6.10 Å². The molecule has 2 aromatic rings. The number of rotatable bonds is 9. The summed E-state index contributed by atoms with van der Waals surface area (Å²) in [6, 6.07) is 20.8. The lowest BCUT2D eigenvalue weighted by atomic mass is 9.99. The molecule has 0 aromatic heterocycles. The summed E-state index contributed by atoms with van der Waals surface area (Å²) in [6.07, 6.45) is 2.97. The smallest absolute Gasteiger partial charge is 0.144 e. The maximum absolute atomic E-state index is 10.3. The molecule has 0 radical (unpaired) electrons. The van der Waals surface area contributed by atoms with Crippen LogP contribution in [0.5, 0.6) is 0 Å². The SMILES string of the molecule is CC(C)C(N)CCC(O)COC1=CN(c2ccccc2)S(c2ccccc2)=C1. The quantitative estimate of drug-likeness (QED) is 0.609. The predicted octanol–water partition coefficient (Wildman–Crippen LogP) is 4.53. The molecular formula is C23H30N2O2S. The fourth-order valence-electron chi connectivity index (χ4n) is 2.94. The van der Waals surface area contributed by atoms with Gasteiger partial charge in [-0.3, -0.25) is 4.31 Å².